The van der Waals surface area contributed by atoms with E-state index >= 15 is 0 Å². The number of hydrogen-bond donors (Lipinski definition) is 0. The van der Waals surface area contributed by atoms with Gasteiger partial charge in [0.25, 0.3) is 0 Å². The van der Waals surface area contributed by atoms with Crippen molar-refractivity contribution in [3.63, 3.8) is 0 Å². The highest BCUT2D eigenvalue weighted by Gasteiger charge is 2.25. The van der Waals surface area contributed by atoms with Gasteiger partial charge in [0.1, 0.15) is 11.2 Å². The maximum Gasteiger partial charge on any atom is 0.137 e. The summed E-state index contributed by atoms with van der Waals surface area (Å²) in [6.45, 7) is 0. The molecule has 0 radical (unpaired) electrons. The van der Waals surface area contributed by atoms with Crippen LogP contribution in [0.25, 0.3) is 77.2 Å². The summed E-state index contributed by atoms with van der Waals surface area (Å²) in [4.78, 5) is 2.45. The molecule has 0 aliphatic rings. The molecule has 0 bridgehead atoms. The Labute approximate surface area is 314 Å². The van der Waals surface area contributed by atoms with E-state index in [1.165, 1.54) is 27.5 Å². The number of furan rings is 1. The molecule has 0 aliphatic heterocycles. The van der Waals surface area contributed by atoms with E-state index in [0.29, 0.717) is 0 Å². The molecule has 254 valence electrons. The predicted molar refractivity (Wildman–Crippen MR) is 228 cm³/mol. The smallest absolute Gasteiger partial charge is 0.137 e. The minimum Gasteiger partial charge on any atom is -0.456 e. The van der Waals surface area contributed by atoms with Crippen LogP contribution in [0, 0.1) is 0 Å². The number of hydrogen-bond acceptors (Lipinski definition) is 2. The lowest BCUT2D eigenvalue weighted by atomic mass is 9.87. The zero-order valence-electron chi connectivity index (χ0n) is 29.6. The molecule has 1 aromatic heterocycles. The van der Waals surface area contributed by atoms with Gasteiger partial charge >= 0.3 is 0 Å². The molecule has 0 amide bonds. The zero-order chi connectivity index (χ0) is 35.8. The summed E-state index contributed by atoms with van der Waals surface area (Å²) in [5, 5.41) is 4.62. The number of nitrogens with zero attached hydrogens (tertiary/aromatic N) is 1. The van der Waals surface area contributed by atoms with Gasteiger partial charge in [-0.3, -0.25) is 0 Å². The Kier molecular flexibility index (Phi) is 7.85. The van der Waals surface area contributed by atoms with Crippen LogP contribution in [0.15, 0.2) is 217 Å². The van der Waals surface area contributed by atoms with Crippen LogP contribution in [0.5, 0.6) is 0 Å². The molecule has 0 atom stereocenters. The van der Waals surface area contributed by atoms with E-state index in [9.17, 15) is 0 Å². The molecule has 0 saturated heterocycles. The van der Waals surface area contributed by atoms with Crippen LogP contribution < -0.4 is 4.90 Å². The van der Waals surface area contributed by atoms with Gasteiger partial charge in [-0.2, -0.15) is 0 Å². The molecule has 1 heterocycles. The largest absolute Gasteiger partial charge is 0.456 e. The van der Waals surface area contributed by atoms with E-state index in [1.54, 1.807) is 0 Å². The molecule has 0 unspecified atom stereocenters. The van der Waals surface area contributed by atoms with E-state index in [1.807, 2.05) is 6.07 Å². The summed E-state index contributed by atoms with van der Waals surface area (Å²) in [6.07, 6.45) is 0. The Morgan fingerprint density at radius 3 is 1.70 bits per heavy atom. The molecule has 0 N–H and O–H groups in total. The van der Waals surface area contributed by atoms with Crippen LogP contribution in [0.4, 0.5) is 17.1 Å². The molecular weight excluding hydrogens is 655 g/mol. The van der Waals surface area contributed by atoms with Gasteiger partial charge in [-0.05, 0) is 86.1 Å². The monoisotopic (exact) mass is 689 g/mol. The zero-order valence-corrected chi connectivity index (χ0v) is 29.6. The number of anilines is 3. The average Bonchev–Trinajstić information content (AvgIpc) is 3.64. The third-order valence-electron chi connectivity index (χ3n) is 10.5. The van der Waals surface area contributed by atoms with Crippen molar-refractivity contribution in [2.45, 2.75) is 0 Å². The predicted octanol–water partition coefficient (Wildman–Crippen LogP) is 14.9. The lowest BCUT2D eigenvalue weighted by Crippen LogP contribution is -2.12. The van der Waals surface area contributed by atoms with Crippen molar-refractivity contribution < 1.29 is 4.42 Å². The van der Waals surface area contributed by atoms with Crippen molar-refractivity contribution >= 4 is 49.8 Å². The Hall–Kier alpha value is -7.16. The SMILES string of the molecule is c1ccc(-c2ccccc2-c2c(-c3ccccc3)cccc2N(c2cccc(-c3cccc4ccccc34)c2)c2cccc3oc4ccccc4c23)cc1. The fourth-order valence-electron chi connectivity index (χ4n) is 8.08. The first kappa shape index (κ1) is 31.6. The fourth-order valence-corrected chi connectivity index (χ4v) is 8.08. The maximum absolute atomic E-state index is 6.51. The Bertz CT molecular complexity index is 2940. The second kappa shape index (κ2) is 13.4. The van der Waals surface area contributed by atoms with Crippen LogP contribution in [-0.4, -0.2) is 0 Å². The van der Waals surface area contributed by atoms with E-state index < -0.39 is 0 Å². The Balaban J connectivity index is 1.31. The molecule has 0 aliphatic carbocycles. The van der Waals surface area contributed by atoms with Crippen molar-refractivity contribution in [2.75, 3.05) is 4.90 Å². The summed E-state index contributed by atoms with van der Waals surface area (Å²) < 4.78 is 6.51. The van der Waals surface area contributed by atoms with Gasteiger partial charge in [0.2, 0.25) is 0 Å². The molecule has 0 spiro atoms. The molecule has 0 fully saturated rings. The van der Waals surface area contributed by atoms with E-state index in [2.05, 4.69) is 211 Å². The summed E-state index contributed by atoms with van der Waals surface area (Å²) in [5.41, 5.74) is 14.3. The maximum atomic E-state index is 6.51. The Morgan fingerprint density at radius 1 is 0.333 bits per heavy atom. The van der Waals surface area contributed by atoms with Gasteiger partial charge in [0, 0.05) is 16.6 Å². The molecular formula is C52H35NO. The van der Waals surface area contributed by atoms with Gasteiger partial charge in [-0.15, -0.1) is 0 Å². The van der Waals surface area contributed by atoms with Crippen LogP contribution >= 0.6 is 0 Å². The second-order valence-corrected chi connectivity index (χ2v) is 13.6. The number of benzene rings is 9. The summed E-state index contributed by atoms with van der Waals surface area (Å²) in [7, 11) is 0. The molecule has 0 saturated carbocycles. The van der Waals surface area contributed by atoms with Crippen LogP contribution in [0.1, 0.15) is 0 Å². The lowest BCUT2D eigenvalue weighted by molar-refractivity contribution is 0.669. The fraction of sp³-hybridized carbons (Fsp3) is 0. The third kappa shape index (κ3) is 5.44. The number of fused-ring (bicyclic) bond motifs is 4. The van der Waals surface area contributed by atoms with Crippen LogP contribution in [-0.2, 0) is 0 Å². The molecule has 10 rings (SSSR count). The van der Waals surface area contributed by atoms with E-state index in [0.717, 1.165) is 66.8 Å². The lowest BCUT2D eigenvalue weighted by Gasteiger charge is -2.30. The first-order valence-corrected chi connectivity index (χ1v) is 18.4. The van der Waals surface area contributed by atoms with Gasteiger partial charge in [-0.1, -0.05) is 176 Å². The van der Waals surface area contributed by atoms with Crippen molar-refractivity contribution in [3.8, 4) is 44.5 Å². The minimum absolute atomic E-state index is 0.856. The summed E-state index contributed by atoms with van der Waals surface area (Å²) >= 11 is 0. The highest BCUT2D eigenvalue weighted by atomic mass is 16.3. The van der Waals surface area contributed by atoms with Crippen molar-refractivity contribution in [1.29, 1.82) is 0 Å². The highest BCUT2D eigenvalue weighted by Crippen LogP contribution is 2.50. The molecule has 10 aromatic rings. The molecule has 2 heteroatoms. The van der Waals surface area contributed by atoms with Crippen molar-refractivity contribution in [3.05, 3.63) is 212 Å². The van der Waals surface area contributed by atoms with E-state index in [4.69, 9.17) is 4.42 Å². The number of para-hydroxylation sites is 1. The number of rotatable bonds is 7. The molecule has 54 heavy (non-hydrogen) atoms. The topological polar surface area (TPSA) is 16.4 Å². The van der Waals surface area contributed by atoms with Crippen molar-refractivity contribution in [1.82, 2.24) is 0 Å². The normalized spacial score (nSPS) is 11.3. The van der Waals surface area contributed by atoms with Crippen molar-refractivity contribution in [2.24, 2.45) is 0 Å². The highest BCUT2D eigenvalue weighted by molar-refractivity contribution is 6.14. The van der Waals surface area contributed by atoms with Crippen LogP contribution in [0.3, 0.4) is 0 Å². The quantitative estimate of drug-likeness (QED) is 0.166. The second-order valence-electron chi connectivity index (χ2n) is 13.6. The molecule has 2 nitrogen and oxygen atoms in total. The van der Waals surface area contributed by atoms with Gasteiger partial charge in [0.15, 0.2) is 0 Å². The van der Waals surface area contributed by atoms with Crippen LogP contribution in [0.2, 0.25) is 0 Å². The van der Waals surface area contributed by atoms with Gasteiger partial charge < -0.3 is 9.32 Å². The Morgan fingerprint density at radius 2 is 0.870 bits per heavy atom. The summed E-state index contributed by atoms with van der Waals surface area (Å²) in [6, 6.07) is 76.0. The first-order valence-electron chi connectivity index (χ1n) is 18.4. The first-order chi connectivity index (χ1) is 26.8. The molecule has 9 aromatic carbocycles. The van der Waals surface area contributed by atoms with Gasteiger partial charge in [-0.25, -0.2) is 0 Å². The minimum atomic E-state index is 0.856. The van der Waals surface area contributed by atoms with E-state index in [-0.39, 0.29) is 0 Å². The standard InChI is InChI=1S/C52H35NO/c1-3-17-36(18-4-1)42-26-9-10-27-45(42)51-44(38-19-5-2-6-20-38)30-15-31-47(51)53(48-32-16-34-50-52(48)46-28-11-12-33-49(46)54-50)40-24-13-23-39(35-40)43-29-14-22-37-21-7-8-25-41(37)43/h1-35H. The summed E-state index contributed by atoms with van der Waals surface area (Å²) in [5.74, 6) is 0. The third-order valence-corrected chi connectivity index (χ3v) is 10.5. The average molecular weight is 690 g/mol. The van der Waals surface area contributed by atoms with Gasteiger partial charge in [0.05, 0.1) is 16.8 Å².